The lowest BCUT2D eigenvalue weighted by atomic mass is 10.1. The fourth-order valence-corrected chi connectivity index (χ4v) is 4.55. The molecule has 2 aliphatic heterocycles. The molecule has 5 rings (SSSR count). The monoisotopic (exact) mass is 449 g/mol. The van der Waals surface area contributed by atoms with Crippen LogP contribution in [0.2, 0.25) is 0 Å². The highest BCUT2D eigenvalue weighted by Gasteiger charge is 2.23. The molecule has 2 fully saturated rings. The molecular formula is C23H31N9O. The van der Waals surface area contributed by atoms with Gasteiger partial charge in [-0.2, -0.15) is 15.0 Å². The average Bonchev–Trinajstić information content (AvgIpc) is 3.18. The van der Waals surface area contributed by atoms with Gasteiger partial charge >= 0.3 is 0 Å². The molecule has 174 valence electrons. The maximum absolute atomic E-state index is 11.6. The van der Waals surface area contributed by atoms with E-state index >= 15 is 0 Å². The molecule has 10 heteroatoms. The molecule has 0 aliphatic carbocycles. The van der Waals surface area contributed by atoms with Gasteiger partial charge in [-0.25, -0.2) is 0 Å². The Morgan fingerprint density at radius 3 is 2.33 bits per heavy atom. The predicted molar refractivity (Wildman–Crippen MR) is 130 cm³/mol. The Labute approximate surface area is 192 Å². The van der Waals surface area contributed by atoms with Crippen molar-refractivity contribution in [2.45, 2.75) is 45.1 Å². The van der Waals surface area contributed by atoms with E-state index in [9.17, 15) is 4.79 Å². The van der Waals surface area contributed by atoms with Crippen LogP contribution < -0.4 is 26.4 Å². The molecule has 2 aromatic heterocycles. The van der Waals surface area contributed by atoms with E-state index in [0.717, 1.165) is 74.9 Å². The maximum Gasteiger partial charge on any atom is 0.264 e. The minimum absolute atomic E-state index is 0.116. The van der Waals surface area contributed by atoms with Gasteiger partial charge in [0.05, 0.1) is 5.69 Å². The molecule has 3 aromatic rings. The van der Waals surface area contributed by atoms with Crippen LogP contribution in [0.25, 0.3) is 5.69 Å². The van der Waals surface area contributed by atoms with E-state index in [4.69, 9.17) is 20.7 Å². The van der Waals surface area contributed by atoms with E-state index in [-0.39, 0.29) is 11.6 Å². The van der Waals surface area contributed by atoms with Crippen LogP contribution in [0.1, 0.15) is 37.8 Å². The summed E-state index contributed by atoms with van der Waals surface area (Å²) in [5.74, 6) is 1.93. The topological polar surface area (TPSA) is 121 Å². The number of hydrogen-bond donors (Lipinski definition) is 3. The third-order valence-corrected chi connectivity index (χ3v) is 6.29. The number of anilines is 4. The number of H-pyrrole nitrogens is 1. The molecule has 0 bridgehead atoms. The van der Waals surface area contributed by atoms with Crippen molar-refractivity contribution >= 4 is 23.5 Å². The summed E-state index contributed by atoms with van der Waals surface area (Å²) in [5.41, 5.74) is 8.70. The lowest BCUT2D eigenvalue weighted by Crippen LogP contribution is -2.44. The smallest absolute Gasteiger partial charge is 0.264 e. The van der Waals surface area contributed by atoms with Gasteiger partial charge in [0.15, 0.2) is 0 Å². The van der Waals surface area contributed by atoms with E-state index in [2.05, 4.69) is 20.2 Å². The first-order valence-corrected chi connectivity index (χ1v) is 11.7. The van der Waals surface area contributed by atoms with Gasteiger partial charge in [-0.1, -0.05) is 0 Å². The zero-order valence-electron chi connectivity index (χ0n) is 19.0. The highest BCUT2D eigenvalue weighted by Crippen LogP contribution is 2.24. The number of aryl methyl sites for hydroxylation is 1. The minimum atomic E-state index is -0.116. The summed E-state index contributed by atoms with van der Waals surface area (Å²) >= 11 is 0. The highest BCUT2D eigenvalue weighted by molar-refractivity contribution is 5.58. The number of hydrogen-bond acceptors (Lipinski definition) is 8. The van der Waals surface area contributed by atoms with E-state index in [0.29, 0.717) is 11.9 Å². The Morgan fingerprint density at radius 2 is 1.67 bits per heavy atom. The highest BCUT2D eigenvalue weighted by atomic mass is 16.1. The minimum Gasteiger partial charge on any atom is -0.341 e. The fourth-order valence-electron chi connectivity index (χ4n) is 4.55. The molecular weight excluding hydrogens is 418 g/mol. The standard InChI is InChI=1S/C23H31N9O/c1-16-14-20(33)29-32(16)19-9-7-18(8-10-19)25-21-26-22(30-11-3-2-4-12-30)28-23(27-21)31-13-5-6-17(24)15-31/h7-10,14,17H,2-6,11-13,15,24H2,1H3,(H,29,33)(H,25,26,27,28)/t17-/m1/s1. The third kappa shape index (κ3) is 4.85. The van der Waals surface area contributed by atoms with Crippen LogP contribution in [0, 0.1) is 6.92 Å². The number of nitrogens with zero attached hydrogens (tertiary/aromatic N) is 6. The van der Waals surface area contributed by atoms with Gasteiger partial charge in [-0.05, 0) is 63.3 Å². The normalized spacial score (nSPS) is 19.0. The number of aromatic nitrogens is 5. The van der Waals surface area contributed by atoms with E-state index < -0.39 is 0 Å². The van der Waals surface area contributed by atoms with Gasteiger partial charge in [0.25, 0.3) is 5.56 Å². The molecule has 33 heavy (non-hydrogen) atoms. The molecule has 10 nitrogen and oxygen atoms in total. The molecule has 1 aromatic carbocycles. The summed E-state index contributed by atoms with van der Waals surface area (Å²) < 4.78 is 1.77. The van der Waals surface area contributed by atoms with Crippen molar-refractivity contribution in [3.05, 3.63) is 46.4 Å². The van der Waals surface area contributed by atoms with Crippen molar-refractivity contribution in [2.24, 2.45) is 5.73 Å². The molecule has 4 heterocycles. The Balaban J connectivity index is 1.42. The zero-order chi connectivity index (χ0) is 22.8. The first kappa shape index (κ1) is 21.4. The number of aromatic amines is 1. The summed E-state index contributed by atoms with van der Waals surface area (Å²) in [6.45, 7) is 5.48. The molecule has 0 unspecified atom stereocenters. The summed E-state index contributed by atoms with van der Waals surface area (Å²) in [6, 6.07) is 9.52. The van der Waals surface area contributed by atoms with E-state index in [1.54, 1.807) is 10.7 Å². The number of benzene rings is 1. The first-order chi connectivity index (χ1) is 16.0. The largest absolute Gasteiger partial charge is 0.341 e. The lowest BCUT2D eigenvalue weighted by molar-refractivity contribution is 0.498. The van der Waals surface area contributed by atoms with Crippen molar-refractivity contribution in [2.75, 3.05) is 41.3 Å². The Bertz CT molecular complexity index is 1150. The third-order valence-electron chi connectivity index (χ3n) is 6.29. The number of nitrogens with one attached hydrogen (secondary N) is 2. The van der Waals surface area contributed by atoms with Crippen molar-refractivity contribution in [1.82, 2.24) is 24.7 Å². The van der Waals surface area contributed by atoms with E-state index in [1.807, 2.05) is 31.2 Å². The lowest BCUT2D eigenvalue weighted by Gasteiger charge is -2.32. The number of nitrogens with two attached hydrogens (primary N) is 1. The van der Waals surface area contributed by atoms with Gasteiger partial charge in [0, 0.05) is 49.7 Å². The maximum atomic E-state index is 11.6. The van der Waals surface area contributed by atoms with Gasteiger partial charge < -0.3 is 20.9 Å². The Morgan fingerprint density at radius 1 is 0.970 bits per heavy atom. The summed E-state index contributed by atoms with van der Waals surface area (Å²) in [5, 5.41) is 6.15. The summed E-state index contributed by atoms with van der Waals surface area (Å²) in [4.78, 5) is 30.3. The van der Waals surface area contributed by atoms with Crippen LogP contribution in [0.15, 0.2) is 35.1 Å². The molecule has 0 amide bonds. The van der Waals surface area contributed by atoms with Crippen molar-refractivity contribution in [3.8, 4) is 5.69 Å². The van der Waals surface area contributed by atoms with Crippen molar-refractivity contribution < 1.29 is 0 Å². The van der Waals surface area contributed by atoms with Crippen LogP contribution >= 0.6 is 0 Å². The fraction of sp³-hybridized carbons (Fsp3) is 0.478. The van der Waals surface area contributed by atoms with Crippen LogP contribution in [-0.4, -0.2) is 57.0 Å². The second kappa shape index (κ2) is 9.22. The molecule has 0 spiro atoms. The van der Waals surface area contributed by atoms with E-state index in [1.165, 1.54) is 6.42 Å². The van der Waals surface area contributed by atoms with Gasteiger partial charge in [0.2, 0.25) is 17.8 Å². The van der Waals surface area contributed by atoms with Crippen molar-refractivity contribution in [3.63, 3.8) is 0 Å². The molecule has 2 aliphatic rings. The first-order valence-electron chi connectivity index (χ1n) is 11.7. The molecule has 0 saturated carbocycles. The molecule has 1 atom stereocenters. The number of rotatable bonds is 5. The molecule has 4 N–H and O–H groups in total. The van der Waals surface area contributed by atoms with Gasteiger partial charge in [-0.3, -0.25) is 14.6 Å². The predicted octanol–water partition coefficient (Wildman–Crippen LogP) is 2.32. The zero-order valence-corrected chi connectivity index (χ0v) is 19.0. The Hall–Kier alpha value is -3.40. The van der Waals surface area contributed by atoms with Gasteiger partial charge in [-0.15, -0.1) is 0 Å². The van der Waals surface area contributed by atoms with Crippen LogP contribution in [0.4, 0.5) is 23.5 Å². The SMILES string of the molecule is Cc1cc(=O)[nH]n1-c1ccc(Nc2nc(N3CCCCC3)nc(N3CCC[C@@H](N)C3)n2)cc1. The quantitative estimate of drug-likeness (QED) is 0.543. The average molecular weight is 450 g/mol. The van der Waals surface area contributed by atoms with Crippen LogP contribution in [0.5, 0.6) is 0 Å². The van der Waals surface area contributed by atoms with Crippen LogP contribution in [0.3, 0.4) is 0 Å². The molecule has 2 saturated heterocycles. The number of piperidine rings is 2. The second-order valence-corrected chi connectivity index (χ2v) is 8.92. The van der Waals surface area contributed by atoms with Crippen LogP contribution in [-0.2, 0) is 0 Å². The second-order valence-electron chi connectivity index (χ2n) is 8.92. The summed E-state index contributed by atoms with van der Waals surface area (Å²) in [7, 11) is 0. The Kier molecular flexibility index (Phi) is 5.99. The van der Waals surface area contributed by atoms with Gasteiger partial charge in [0.1, 0.15) is 0 Å². The van der Waals surface area contributed by atoms with Crippen molar-refractivity contribution in [1.29, 1.82) is 0 Å². The molecule has 0 radical (unpaired) electrons. The summed E-state index contributed by atoms with van der Waals surface area (Å²) in [6.07, 6.45) is 5.63.